The molecule has 0 aliphatic carbocycles. The van der Waals surface area contributed by atoms with E-state index in [1.807, 2.05) is 0 Å². The Balaban J connectivity index is 2.72. The van der Waals surface area contributed by atoms with Gasteiger partial charge in [-0.05, 0) is 0 Å². The smallest absolute Gasteiger partial charge is 0.388 e. The van der Waals surface area contributed by atoms with Crippen LogP contribution in [0.4, 0.5) is 0 Å². The van der Waals surface area contributed by atoms with Gasteiger partial charge in [-0.15, -0.1) is 0 Å². The predicted octanol–water partition coefficient (Wildman–Crippen LogP) is 1.48. The van der Waals surface area contributed by atoms with Gasteiger partial charge in [0.25, 0.3) is 5.50 Å². The molecule has 0 saturated heterocycles. The lowest BCUT2D eigenvalue weighted by molar-refractivity contribution is 0.275. The van der Waals surface area contributed by atoms with Crippen molar-refractivity contribution in [1.29, 1.82) is 0 Å². The topological polar surface area (TPSA) is 52.6 Å². The molecule has 1 heterocycles. The Morgan fingerprint density at radius 1 is 1.33 bits per heavy atom. The molecule has 1 aliphatic rings. The average Bonchev–Trinajstić information content (AvgIpc) is 1.90. The number of ether oxygens (including phenoxy) is 2. The predicted molar refractivity (Wildman–Crippen MR) is 27.7 cm³/mol. The quantitative estimate of drug-likeness (QED) is 0.525. The zero-order chi connectivity index (χ0) is 6.69. The summed E-state index contributed by atoms with van der Waals surface area (Å²) in [6, 6.07) is 0. The molecule has 0 unspecified atom stereocenters. The largest absolute Gasteiger partial charge is 0.465 e. The van der Waals surface area contributed by atoms with Crippen LogP contribution in [0.25, 0.3) is 0 Å². The first-order valence-corrected chi connectivity index (χ1v) is 3.30. The average molecular weight is 146 g/mol. The third-order valence-corrected chi connectivity index (χ3v) is 1.24. The highest BCUT2D eigenvalue weighted by atomic mass is 31.1. The first-order valence-electron chi connectivity index (χ1n) is 2.12. The standard InChI is InChI=1S/C4H3O4P/c5-9(6)4-3-7-1-2-8-4/h1-3H. The molecule has 0 radical (unpaired) electrons. The van der Waals surface area contributed by atoms with Crippen molar-refractivity contribution < 1.29 is 18.6 Å². The van der Waals surface area contributed by atoms with Crippen molar-refractivity contribution in [3.05, 3.63) is 24.3 Å². The van der Waals surface area contributed by atoms with Gasteiger partial charge < -0.3 is 9.47 Å². The second-order valence-electron chi connectivity index (χ2n) is 1.24. The van der Waals surface area contributed by atoms with Gasteiger partial charge in [0, 0.05) is 0 Å². The molecule has 0 amide bonds. The highest BCUT2D eigenvalue weighted by Crippen LogP contribution is 2.22. The minimum atomic E-state index is -2.66. The molecule has 1 aliphatic heterocycles. The van der Waals surface area contributed by atoms with Crippen molar-refractivity contribution in [2.24, 2.45) is 0 Å². The molecule has 0 aromatic rings. The van der Waals surface area contributed by atoms with Gasteiger partial charge in [0.15, 0.2) is 0 Å². The molecule has 0 bridgehead atoms. The van der Waals surface area contributed by atoms with Gasteiger partial charge in [-0.2, -0.15) is 0 Å². The molecule has 0 N–H and O–H groups in total. The molecule has 48 valence electrons. The van der Waals surface area contributed by atoms with E-state index in [9.17, 15) is 9.13 Å². The zero-order valence-electron chi connectivity index (χ0n) is 4.31. The van der Waals surface area contributed by atoms with Gasteiger partial charge in [-0.3, -0.25) is 0 Å². The van der Waals surface area contributed by atoms with Crippen molar-refractivity contribution >= 4 is 7.68 Å². The van der Waals surface area contributed by atoms with Crippen LogP contribution in [0.3, 0.4) is 0 Å². The van der Waals surface area contributed by atoms with Crippen LogP contribution < -0.4 is 0 Å². The van der Waals surface area contributed by atoms with Crippen molar-refractivity contribution in [2.75, 3.05) is 0 Å². The Labute approximate surface area is 51.6 Å². The third-order valence-electron chi connectivity index (χ3n) is 0.672. The SMILES string of the molecule is O=P(=O)C1=COC=CO1. The molecule has 0 fully saturated rings. The van der Waals surface area contributed by atoms with Gasteiger partial charge in [-0.1, -0.05) is 0 Å². The normalized spacial score (nSPS) is 15.3. The van der Waals surface area contributed by atoms with Crippen LogP contribution in [0.5, 0.6) is 0 Å². The maximum Gasteiger partial charge on any atom is 0.388 e. The molecule has 0 atom stereocenters. The van der Waals surface area contributed by atoms with Gasteiger partial charge in [-0.25, -0.2) is 9.13 Å². The van der Waals surface area contributed by atoms with Crippen LogP contribution in [-0.4, -0.2) is 0 Å². The number of rotatable bonds is 1. The van der Waals surface area contributed by atoms with Crippen LogP contribution in [-0.2, 0) is 18.6 Å². The molecule has 0 saturated carbocycles. The lowest BCUT2D eigenvalue weighted by Gasteiger charge is -2.00. The van der Waals surface area contributed by atoms with Crippen LogP contribution in [0.1, 0.15) is 0 Å². The molecule has 0 aromatic heterocycles. The summed E-state index contributed by atoms with van der Waals surface area (Å²) in [5.74, 6) is 0. The summed E-state index contributed by atoms with van der Waals surface area (Å²) in [4.78, 5) is 0. The molecule has 4 nitrogen and oxygen atoms in total. The Hall–Kier alpha value is -1.02. The Morgan fingerprint density at radius 2 is 2.11 bits per heavy atom. The van der Waals surface area contributed by atoms with Crippen LogP contribution in [0.15, 0.2) is 24.3 Å². The van der Waals surface area contributed by atoms with Gasteiger partial charge in [0.2, 0.25) is 0 Å². The molecule has 1 rings (SSSR count). The van der Waals surface area contributed by atoms with Gasteiger partial charge in [0.05, 0.1) is 0 Å². The number of hydrogen-bond acceptors (Lipinski definition) is 4. The van der Waals surface area contributed by atoms with E-state index in [0.717, 1.165) is 12.5 Å². The van der Waals surface area contributed by atoms with Gasteiger partial charge in [0.1, 0.15) is 18.8 Å². The summed E-state index contributed by atoms with van der Waals surface area (Å²) in [7, 11) is -2.66. The van der Waals surface area contributed by atoms with Crippen LogP contribution in [0, 0.1) is 0 Å². The Kier molecular flexibility index (Phi) is 1.70. The van der Waals surface area contributed by atoms with Crippen molar-refractivity contribution in [1.82, 2.24) is 0 Å². The molecule has 5 heteroatoms. The van der Waals surface area contributed by atoms with Crippen molar-refractivity contribution in [3.8, 4) is 0 Å². The Bertz CT molecular complexity index is 217. The summed E-state index contributed by atoms with van der Waals surface area (Å²) in [6.07, 6.45) is 3.41. The van der Waals surface area contributed by atoms with E-state index < -0.39 is 7.68 Å². The van der Waals surface area contributed by atoms with Crippen molar-refractivity contribution in [3.63, 3.8) is 0 Å². The molecular weight excluding hydrogens is 143 g/mol. The fourth-order valence-electron chi connectivity index (χ4n) is 0.341. The van der Waals surface area contributed by atoms with E-state index in [-0.39, 0.29) is 5.50 Å². The molecule has 0 spiro atoms. The fraction of sp³-hybridized carbons (Fsp3) is 0. The summed E-state index contributed by atoms with van der Waals surface area (Å²) in [5.41, 5.74) is -0.174. The Morgan fingerprint density at radius 3 is 2.44 bits per heavy atom. The first-order chi connectivity index (χ1) is 4.30. The van der Waals surface area contributed by atoms with E-state index in [1.54, 1.807) is 0 Å². The highest BCUT2D eigenvalue weighted by Gasteiger charge is 2.05. The summed E-state index contributed by atoms with van der Waals surface area (Å²) in [5, 5.41) is 0. The molecular formula is C4H3O4P. The molecule has 9 heavy (non-hydrogen) atoms. The summed E-state index contributed by atoms with van der Waals surface area (Å²) < 4.78 is 29.2. The minimum absolute atomic E-state index is 0.174. The first kappa shape index (κ1) is 6.11. The van der Waals surface area contributed by atoms with E-state index in [4.69, 9.17) is 0 Å². The van der Waals surface area contributed by atoms with Crippen LogP contribution >= 0.6 is 7.68 Å². The van der Waals surface area contributed by atoms with E-state index >= 15 is 0 Å². The lowest BCUT2D eigenvalue weighted by atomic mass is 10.9. The molecule has 0 aromatic carbocycles. The van der Waals surface area contributed by atoms with E-state index in [2.05, 4.69) is 9.47 Å². The lowest BCUT2D eigenvalue weighted by Crippen LogP contribution is -1.83. The van der Waals surface area contributed by atoms with E-state index in [0.29, 0.717) is 0 Å². The monoisotopic (exact) mass is 146 g/mol. The number of hydrogen-bond donors (Lipinski definition) is 0. The highest BCUT2D eigenvalue weighted by molar-refractivity contribution is 7.35. The van der Waals surface area contributed by atoms with Crippen molar-refractivity contribution in [2.45, 2.75) is 0 Å². The third kappa shape index (κ3) is 1.44. The zero-order valence-corrected chi connectivity index (χ0v) is 5.21. The maximum atomic E-state index is 10.1. The fourth-order valence-corrected chi connectivity index (χ4v) is 0.635. The van der Waals surface area contributed by atoms with E-state index in [1.165, 1.54) is 6.26 Å². The second kappa shape index (κ2) is 2.51. The minimum Gasteiger partial charge on any atom is -0.465 e. The van der Waals surface area contributed by atoms with Crippen LogP contribution in [0.2, 0.25) is 0 Å². The summed E-state index contributed by atoms with van der Waals surface area (Å²) in [6.45, 7) is 0. The summed E-state index contributed by atoms with van der Waals surface area (Å²) >= 11 is 0. The van der Waals surface area contributed by atoms with Gasteiger partial charge >= 0.3 is 7.68 Å². The maximum absolute atomic E-state index is 10.1. The second-order valence-corrected chi connectivity index (χ2v) is 2.19.